The molecule has 0 aromatic heterocycles. The quantitative estimate of drug-likeness (QED) is 0.767. The van der Waals surface area contributed by atoms with E-state index in [1.165, 1.54) is 5.56 Å². The Kier molecular flexibility index (Phi) is 5.29. The predicted molar refractivity (Wildman–Crippen MR) is 68.8 cm³/mol. The SMILES string of the molecule is CCNCc1ccc(N(C)CC(C)O)cc1. The normalized spacial score (nSPS) is 12.5. The van der Waals surface area contributed by atoms with Crippen LogP contribution in [0.5, 0.6) is 0 Å². The summed E-state index contributed by atoms with van der Waals surface area (Å²) in [4.78, 5) is 2.06. The Bertz CT molecular complexity index is 295. The largest absolute Gasteiger partial charge is 0.392 e. The molecule has 0 heterocycles. The topological polar surface area (TPSA) is 35.5 Å². The number of aliphatic hydroxyl groups is 1. The van der Waals surface area contributed by atoms with Crippen molar-refractivity contribution in [2.45, 2.75) is 26.5 Å². The maximum absolute atomic E-state index is 9.30. The van der Waals surface area contributed by atoms with Crippen LogP contribution in [0.15, 0.2) is 24.3 Å². The van der Waals surface area contributed by atoms with Gasteiger partial charge < -0.3 is 15.3 Å². The fourth-order valence-corrected chi connectivity index (χ4v) is 1.64. The second-order valence-corrected chi connectivity index (χ2v) is 4.18. The summed E-state index contributed by atoms with van der Waals surface area (Å²) in [6.45, 7) is 6.47. The van der Waals surface area contributed by atoms with E-state index in [1.54, 1.807) is 6.92 Å². The molecule has 0 aliphatic heterocycles. The Labute approximate surface area is 98.1 Å². The molecule has 1 unspecified atom stereocenters. The van der Waals surface area contributed by atoms with Crippen LogP contribution in [0.4, 0.5) is 5.69 Å². The Morgan fingerprint density at radius 1 is 1.31 bits per heavy atom. The standard InChI is InChI=1S/C13H22N2O/c1-4-14-9-12-5-7-13(8-6-12)15(3)10-11(2)16/h5-8,11,14,16H,4,9-10H2,1-3H3. The van der Waals surface area contributed by atoms with Crippen LogP contribution in [-0.2, 0) is 6.54 Å². The van der Waals surface area contributed by atoms with Crippen molar-refractivity contribution in [1.29, 1.82) is 0 Å². The van der Waals surface area contributed by atoms with Crippen molar-refractivity contribution in [3.05, 3.63) is 29.8 Å². The lowest BCUT2D eigenvalue weighted by molar-refractivity contribution is 0.201. The van der Waals surface area contributed by atoms with Gasteiger partial charge in [-0.25, -0.2) is 0 Å². The number of anilines is 1. The van der Waals surface area contributed by atoms with E-state index in [2.05, 4.69) is 41.4 Å². The fraction of sp³-hybridized carbons (Fsp3) is 0.538. The van der Waals surface area contributed by atoms with E-state index in [0.29, 0.717) is 6.54 Å². The van der Waals surface area contributed by atoms with Crippen molar-refractivity contribution in [2.75, 3.05) is 25.0 Å². The van der Waals surface area contributed by atoms with Gasteiger partial charge in [-0.1, -0.05) is 19.1 Å². The van der Waals surface area contributed by atoms with Crippen molar-refractivity contribution in [3.8, 4) is 0 Å². The molecular formula is C13H22N2O. The van der Waals surface area contributed by atoms with Crippen molar-refractivity contribution in [2.24, 2.45) is 0 Å². The molecule has 0 spiro atoms. The van der Waals surface area contributed by atoms with E-state index >= 15 is 0 Å². The number of nitrogens with one attached hydrogen (secondary N) is 1. The van der Waals surface area contributed by atoms with Crippen LogP contribution in [0.25, 0.3) is 0 Å². The Morgan fingerprint density at radius 3 is 2.44 bits per heavy atom. The average molecular weight is 222 g/mol. The minimum absolute atomic E-state index is 0.300. The molecule has 0 aliphatic carbocycles. The van der Waals surface area contributed by atoms with Crippen molar-refractivity contribution in [1.82, 2.24) is 5.32 Å². The highest BCUT2D eigenvalue weighted by Gasteiger charge is 2.03. The lowest BCUT2D eigenvalue weighted by Gasteiger charge is -2.21. The molecule has 0 radical (unpaired) electrons. The van der Waals surface area contributed by atoms with E-state index in [-0.39, 0.29) is 6.10 Å². The van der Waals surface area contributed by atoms with Gasteiger partial charge in [-0.05, 0) is 31.2 Å². The zero-order valence-electron chi connectivity index (χ0n) is 10.4. The van der Waals surface area contributed by atoms with E-state index in [0.717, 1.165) is 18.8 Å². The molecule has 0 saturated carbocycles. The first-order valence-electron chi connectivity index (χ1n) is 5.82. The molecule has 3 heteroatoms. The van der Waals surface area contributed by atoms with Crippen LogP contribution in [0, 0.1) is 0 Å². The summed E-state index contributed by atoms with van der Waals surface area (Å²) in [7, 11) is 1.99. The van der Waals surface area contributed by atoms with Crippen LogP contribution in [-0.4, -0.2) is 31.3 Å². The summed E-state index contributed by atoms with van der Waals surface area (Å²) in [5.74, 6) is 0. The molecule has 0 bridgehead atoms. The van der Waals surface area contributed by atoms with Gasteiger partial charge in [0, 0.05) is 25.8 Å². The predicted octanol–water partition coefficient (Wildman–Crippen LogP) is 1.61. The molecule has 0 saturated heterocycles. The van der Waals surface area contributed by atoms with Crippen molar-refractivity contribution < 1.29 is 5.11 Å². The van der Waals surface area contributed by atoms with E-state index in [9.17, 15) is 5.11 Å². The number of benzene rings is 1. The second-order valence-electron chi connectivity index (χ2n) is 4.18. The Hall–Kier alpha value is -1.06. The maximum atomic E-state index is 9.30. The summed E-state index contributed by atoms with van der Waals surface area (Å²) in [5.41, 5.74) is 2.43. The van der Waals surface area contributed by atoms with E-state index in [4.69, 9.17) is 0 Å². The third-order valence-corrected chi connectivity index (χ3v) is 2.49. The second kappa shape index (κ2) is 6.51. The number of hydrogen-bond acceptors (Lipinski definition) is 3. The summed E-state index contributed by atoms with van der Waals surface area (Å²) in [6, 6.07) is 8.43. The van der Waals surface area contributed by atoms with Gasteiger partial charge in [0.1, 0.15) is 0 Å². The highest BCUT2D eigenvalue weighted by Crippen LogP contribution is 2.13. The molecule has 1 aromatic rings. The third kappa shape index (κ3) is 4.21. The van der Waals surface area contributed by atoms with Gasteiger partial charge in [-0.15, -0.1) is 0 Å². The zero-order chi connectivity index (χ0) is 12.0. The first-order chi connectivity index (χ1) is 7.63. The highest BCUT2D eigenvalue weighted by molar-refractivity contribution is 5.46. The van der Waals surface area contributed by atoms with Crippen LogP contribution < -0.4 is 10.2 Å². The zero-order valence-corrected chi connectivity index (χ0v) is 10.4. The maximum Gasteiger partial charge on any atom is 0.0686 e. The van der Waals surface area contributed by atoms with Gasteiger partial charge >= 0.3 is 0 Å². The van der Waals surface area contributed by atoms with Crippen LogP contribution in [0.2, 0.25) is 0 Å². The monoisotopic (exact) mass is 222 g/mol. The van der Waals surface area contributed by atoms with Crippen LogP contribution in [0.3, 0.4) is 0 Å². The van der Waals surface area contributed by atoms with Gasteiger partial charge in [0.05, 0.1) is 6.10 Å². The summed E-state index contributed by atoms with van der Waals surface area (Å²) >= 11 is 0. The van der Waals surface area contributed by atoms with Gasteiger partial charge in [-0.2, -0.15) is 0 Å². The molecular weight excluding hydrogens is 200 g/mol. The third-order valence-electron chi connectivity index (χ3n) is 2.49. The van der Waals surface area contributed by atoms with Crippen LogP contribution >= 0.6 is 0 Å². The van der Waals surface area contributed by atoms with E-state index < -0.39 is 0 Å². The molecule has 1 aromatic carbocycles. The van der Waals surface area contributed by atoms with Crippen molar-refractivity contribution in [3.63, 3.8) is 0 Å². The van der Waals surface area contributed by atoms with Gasteiger partial charge in [0.25, 0.3) is 0 Å². The van der Waals surface area contributed by atoms with Gasteiger partial charge in [-0.3, -0.25) is 0 Å². The average Bonchev–Trinajstić information content (AvgIpc) is 2.26. The lowest BCUT2D eigenvalue weighted by Crippen LogP contribution is -2.26. The molecule has 90 valence electrons. The van der Waals surface area contributed by atoms with Gasteiger partial charge in [0.2, 0.25) is 0 Å². The van der Waals surface area contributed by atoms with Gasteiger partial charge in [0.15, 0.2) is 0 Å². The number of nitrogens with zero attached hydrogens (tertiary/aromatic N) is 1. The molecule has 3 nitrogen and oxygen atoms in total. The van der Waals surface area contributed by atoms with Crippen LogP contribution in [0.1, 0.15) is 19.4 Å². The molecule has 1 rings (SSSR count). The summed E-state index contributed by atoms with van der Waals surface area (Å²) < 4.78 is 0. The first-order valence-corrected chi connectivity index (χ1v) is 5.82. The Morgan fingerprint density at radius 2 is 1.94 bits per heavy atom. The number of aliphatic hydroxyl groups excluding tert-OH is 1. The molecule has 1 atom stereocenters. The minimum atomic E-state index is -0.300. The summed E-state index contributed by atoms with van der Waals surface area (Å²) in [6.07, 6.45) is -0.300. The molecule has 2 N–H and O–H groups in total. The minimum Gasteiger partial charge on any atom is -0.392 e. The Balaban J connectivity index is 2.56. The number of hydrogen-bond donors (Lipinski definition) is 2. The smallest absolute Gasteiger partial charge is 0.0686 e. The molecule has 0 fully saturated rings. The fourth-order valence-electron chi connectivity index (χ4n) is 1.64. The highest BCUT2D eigenvalue weighted by atomic mass is 16.3. The number of likely N-dealkylation sites (N-methyl/N-ethyl adjacent to an activating group) is 1. The first kappa shape index (κ1) is 13.0. The summed E-state index contributed by atoms with van der Waals surface area (Å²) in [5, 5.41) is 12.6. The number of rotatable bonds is 6. The molecule has 16 heavy (non-hydrogen) atoms. The van der Waals surface area contributed by atoms with Crippen molar-refractivity contribution >= 4 is 5.69 Å². The van der Waals surface area contributed by atoms with E-state index in [1.807, 2.05) is 7.05 Å². The molecule has 0 aliphatic rings. The molecule has 0 amide bonds. The lowest BCUT2D eigenvalue weighted by atomic mass is 10.2.